The summed E-state index contributed by atoms with van der Waals surface area (Å²) in [7, 11) is 1.57. The molecule has 1 aliphatic carbocycles. The molecule has 1 aromatic carbocycles. The number of rotatable bonds is 15. The predicted octanol–water partition coefficient (Wildman–Crippen LogP) is 2.48. The van der Waals surface area contributed by atoms with Crippen molar-refractivity contribution >= 4 is 40.0 Å². The molecule has 4 atom stereocenters. The lowest BCUT2D eigenvalue weighted by molar-refractivity contribution is -0.134. The molecule has 0 unspecified atom stereocenters. The Kier molecular flexibility index (Phi) is 10.00. The average molecular weight is 624 g/mol. The third-order valence-corrected chi connectivity index (χ3v) is 9.40. The summed E-state index contributed by atoms with van der Waals surface area (Å²) in [5.74, 6) is -0.792. The van der Waals surface area contributed by atoms with E-state index in [4.69, 9.17) is 9.47 Å². The van der Waals surface area contributed by atoms with Gasteiger partial charge in [-0.3, -0.25) is 19.2 Å². The van der Waals surface area contributed by atoms with E-state index in [1.165, 1.54) is 11.3 Å². The monoisotopic (exact) mass is 623 g/mol. The molecule has 11 nitrogen and oxygen atoms in total. The second-order valence-electron chi connectivity index (χ2n) is 11.9. The van der Waals surface area contributed by atoms with Gasteiger partial charge in [0.05, 0.1) is 26.2 Å². The van der Waals surface area contributed by atoms with Crippen LogP contribution in [0.25, 0.3) is 0 Å². The van der Waals surface area contributed by atoms with Crippen LogP contribution < -0.4 is 25.6 Å². The molecule has 2 saturated heterocycles. The van der Waals surface area contributed by atoms with Gasteiger partial charge in [0.2, 0.25) is 17.7 Å². The van der Waals surface area contributed by atoms with Crippen molar-refractivity contribution < 1.29 is 28.7 Å². The fourth-order valence-corrected chi connectivity index (χ4v) is 6.30. The smallest absolute Gasteiger partial charge is 0.243 e. The maximum absolute atomic E-state index is 13.8. The van der Waals surface area contributed by atoms with E-state index in [0.717, 1.165) is 59.9 Å². The Morgan fingerprint density at radius 2 is 1.77 bits per heavy atom. The number of methoxy groups -OCH3 is 1. The number of ether oxygens (including phenoxy) is 2. The zero-order chi connectivity index (χ0) is 31.3. The molecule has 0 saturated carbocycles. The van der Waals surface area contributed by atoms with Gasteiger partial charge < -0.3 is 30.3 Å². The summed E-state index contributed by atoms with van der Waals surface area (Å²) < 4.78 is 10.7. The molecule has 2 aliphatic heterocycles. The number of ketones is 1. The zero-order valence-corrected chi connectivity index (χ0v) is 26.3. The van der Waals surface area contributed by atoms with E-state index < -0.39 is 35.5 Å². The van der Waals surface area contributed by atoms with E-state index >= 15 is 0 Å². The molecule has 0 bridgehead atoms. The van der Waals surface area contributed by atoms with Gasteiger partial charge in [0.15, 0.2) is 10.9 Å². The van der Waals surface area contributed by atoms with Crippen molar-refractivity contribution in [3.63, 3.8) is 0 Å². The fourth-order valence-electron chi connectivity index (χ4n) is 5.34. The number of nitrogens with one attached hydrogen (secondary N) is 3. The first-order chi connectivity index (χ1) is 21.1. The number of benzene rings is 1. The lowest BCUT2D eigenvalue weighted by Crippen LogP contribution is -2.56. The Bertz CT molecular complexity index is 1400. The van der Waals surface area contributed by atoms with Gasteiger partial charge in [-0.25, -0.2) is 4.98 Å². The SMILES string of the molecule is COc1ccc(C[C@H](NC(=O)[C@H](C)NC(=O)Cc2cnc(N3CCC3)s2)C(=O)N[C@@H](CC2=CCCC2)C(=O)[C@]2(C)CO2)cc1. The second-order valence-corrected chi connectivity index (χ2v) is 13.0. The molecule has 2 fully saturated rings. The highest BCUT2D eigenvalue weighted by molar-refractivity contribution is 7.15. The lowest BCUT2D eigenvalue weighted by atomic mass is 9.94. The number of hydrogen-bond acceptors (Lipinski definition) is 9. The van der Waals surface area contributed by atoms with E-state index in [9.17, 15) is 19.2 Å². The van der Waals surface area contributed by atoms with E-state index in [0.29, 0.717) is 18.8 Å². The number of Topliss-reactive ketones (excluding diaryl/α,β-unsaturated/α-hetero) is 1. The summed E-state index contributed by atoms with van der Waals surface area (Å²) in [4.78, 5) is 60.6. The molecule has 2 aromatic rings. The molecular formula is C32H41N5O6S. The standard InChI is InChI=1S/C32H41N5O6S/c1-20(34-27(38)17-24-18-33-31(44-24)37-13-6-14-37)29(40)36-26(16-22-9-11-23(42-3)12-10-22)30(41)35-25(15-21-7-4-5-8-21)28(39)32(2)19-43-32/h7,9-12,18,20,25-26H,4-6,8,13-17,19H2,1-3H3,(H,34,38)(H,35,41)(H,36,40)/t20-,25-,26-,32-/m0/s1. The van der Waals surface area contributed by atoms with Crippen LogP contribution in [0.5, 0.6) is 5.75 Å². The fraction of sp³-hybridized carbons (Fsp3) is 0.531. The van der Waals surface area contributed by atoms with Crippen LogP contribution in [0.1, 0.15) is 56.4 Å². The number of aromatic nitrogens is 1. The Hall–Kier alpha value is -3.77. The number of carbonyl (C=O) groups excluding carboxylic acids is 4. The molecule has 0 spiro atoms. The number of hydrogen-bond donors (Lipinski definition) is 3. The molecule has 3 amide bonds. The summed E-state index contributed by atoms with van der Waals surface area (Å²) in [6.07, 6.45) is 8.55. The van der Waals surface area contributed by atoms with E-state index in [2.05, 4.69) is 31.9 Å². The van der Waals surface area contributed by atoms with Crippen molar-refractivity contribution in [2.45, 2.75) is 82.5 Å². The first-order valence-electron chi connectivity index (χ1n) is 15.2. The Morgan fingerprint density at radius 3 is 2.39 bits per heavy atom. The number of allylic oxidation sites excluding steroid dienone is 1. The van der Waals surface area contributed by atoms with Gasteiger partial charge in [0.1, 0.15) is 23.4 Å². The van der Waals surface area contributed by atoms with Crippen molar-refractivity contribution in [2.24, 2.45) is 0 Å². The lowest BCUT2D eigenvalue weighted by Gasteiger charge is -2.30. The summed E-state index contributed by atoms with van der Waals surface area (Å²) in [6, 6.07) is 4.56. The van der Waals surface area contributed by atoms with Crippen LogP contribution in [-0.4, -0.2) is 79.0 Å². The molecule has 3 N–H and O–H groups in total. The number of thiazole rings is 1. The Labute approximate surface area is 261 Å². The van der Waals surface area contributed by atoms with Crippen molar-refractivity contribution in [2.75, 3.05) is 31.7 Å². The molecule has 236 valence electrons. The summed E-state index contributed by atoms with van der Waals surface area (Å²) in [6.45, 7) is 5.58. The maximum Gasteiger partial charge on any atom is 0.243 e. The minimum atomic E-state index is -0.989. The van der Waals surface area contributed by atoms with E-state index in [1.807, 2.05) is 12.1 Å². The Morgan fingerprint density at radius 1 is 1.05 bits per heavy atom. The highest BCUT2D eigenvalue weighted by Gasteiger charge is 2.50. The van der Waals surface area contributed by atoms with Crippen LogP contribution in [0, 0.1) is 0 Å². The van der Waals surface area contributed by atoms with Gasteiger partial charge in [-0.1, -0.05) is 23.8 Å². The average Bonchev–Trinajstić information content (AvgIpc) is 3.31. The first kappa shape index (κ1) is 31.6. The van der Waals surface area contributed by atoms with Crippen LogP contribution in [0.15, 0.2) is 42.1 Å². The minimum absolute atomic E-state index is 0.110. The third-order valence-electron chi connectivity index (χ3n) is 8.34. The normalized spacial score (nSPS) is 20.9. The molecule has 0 radical (unpaired) electrons. The second kappa shape index (κ2) is 13.9. The minimum Gasteiger partial charge on any atom is -0.497 e. The highest BCUT2D eigenvalue weighted by atomic mass is 32.1. The van der Waals surface area contributed by atoms with Crippen LogP contribution >= 0.6 is 11.3 Å². The van der Waals surface area contributed by atoms with Crippen molar-refractivity contribution in [3.8, 4) is 5.75 Å². The van der Waals surface area contributed by atoms with Crippen LogP contribution in [0.2, 0.25) is 0 Å². The van der Waals surface area contributed by atoms with Gasteiger partial charge in [-0.05, 0) is 63.6 Å². The number of carbonyl (C=O) groups is 4. The summed E-state index contributed by atoms with van der Waals surface area (Å²) in [5.41, 5.74) is 1.03. The van der Waals surface area contributed by atoms with Gasteiger partial charge in [0, 0.05) is 30.6 Å². The topological polar surface area (TPSA) is 142 Å². The van der Waals surface area contributed by atoms with Gasteiger partial charge in [-0.15, -0.1) is 11.3 Å². The van der Waals surface area contributed by atoms with E-state index in [-0.39, 0.29) is 24.5 Å². The molecule has 5 rings (SSSR count). The van der Waals surface area contributed by atoms with Crippen molar-refractivity contribution in [1.29, 1.82) is 0 Å². The van der Waals surface area contributed by atoms with Crippen molar-refractivity contribution in [3.05, 3.63) is 52.6 Å². The zero-order valence-electron chi connectivity index (χ0n) is 25.5. The summed E-state index contributed by atoms with van der Waals surface area (Å²) >= 11 is 1.48. The third kappa shape index (κ3) is 8.03. The summed E-state index contributed by atoms with van der Waals surface area (Å²) in [5, 5.41) is 9.39. The van der Waals surface area contributed by atoms with Gasteiger partial charge in [0.25, 0.3) is 0 Å². The molecule has 12 heteroatoms. The molecule has 3 aliphatic rings. The largest absolute Gasteiger partial charge is 0.497 e. The van der Waals surface area contributed by atoms with Gasteiger partial charge >= 0.3 is 0 Å². The Balaban J connectivity index is 1.24. The molecule has 44 heavy (non-hydrogen) atoms. The van der Waals surface area contributed by atoms with Crippen LogP contribution in [0.3, 0.4) is 0 Å². The number of amides is 3. The first-order valence-corrected chi connectivity index (χ1v) is 16.0. The number of nitrogens with zero attached hydrogens (tertiary/aromatic N) is 2. The molecule has 3 heterocycles. The van der Waals surface area contributed by atoms with E-state index in [1.54, 1.807) is 39.3 Å². The molecule has 1 aromatic heterocycles. The quantitative estimate of drug-likeness (QED) is 0.203. The predicted molar refractivity (Wildman–Crippen MR) is 167 cm³/mol. The number of anilines is 1. The number of epoxide rings is 1. The molecular weight excluding hydrogens is 582 g/mol. The van der Waals surface area contributed by atoms with Crippen LogP contribution in [0.4, 0.5) is 5.13 Å². The highest BCUT2D eigenvalue weighted by Crippen LogP contribution is 2.31. The maximum atomic E-state index is 13.8. The van der Waals surface area contributed by atoms with Crippen LogP contribution in [-0.2, 0) is 36.8 Å². The van der Waals surface area contributed by atoms with Crippen molar-refractivity contribution in [1.82, 2.24) is 20.9 Å². The van der Waals surface area contributed by atoms with Gasteiger partial charge in [-0.2, -0.15) is 0 Å².